The summed E-state index contributed by atoms with van der Waals surface area (Å²) in [5, 5.41) is 8.94. The third kappa shape index (κ3) is 0.920. The van der Waals surface area contributed by atoms with Crippen molar-refractivity contribution in [3.05, 3.63) is 0 Å². The molecule has 1 rings (SSSR count). The predicted molar refractivity (Wildman–Crippen MR) is 32.9 cm³/mol. The summed E-state index contributed by atoms with van der Waals surface area (Å²) in [6, 6.07) is 0.0301. The predicted octanol–water partition coefficient (Wildman–Crippen LogP) is -0.402. The second-order valence-corrected chi connectivity index (χ2v) is 2.48. The lowest BCUT2D eigenvalue weighted by molar-refractivity contribution is -0.146. The molecule has 1 amide bonds. The molecule has 1 aliphatic heterocycles. The molecule has 9 heavy (non-hydrogen) atoms. The molecule has 1 aliphatic rings. The summed E-state index contributed by atoms with van der Waals surface area (Å²) in [6.07, 6.45) is -0.297. The van der Waals surface area contributed by atoms with Gasteiger partial charge in [0, 0.05) is 13.5 Å². The van der Waals surface area contributed by atoms with Crippen molar-refractivity contribution in [2.45, 2.75) is 26.0 Å². The molecule has 3 nitrogen and oxygen atoms in total. The molecule has 3 heteroatoms. The lowest BCUT2D eigenvalue weighted by Gasteiger charge is -2.42. The monoisotopic (exact) mass is 129 g/mol. The maximum Gasteiger partial charge on any atom is 0.219 e. The molecule has 0 aliphatic carbocycles. The largest absolute Gasteiger partial charge is 0.389 e. The molecule has 1 fully saturated rings. The summed E-state index contributed by atoms with van der Waals surface area (Å²) in [7, 11) is 0. The zero-order valence-corrected chi connectivity index (χ0v) is 5.66. The van der Waals surface area contributed by atoms with Crippen molar-refractivity contribution in [1.82, 2.24) is 4.90 Å². The van der Waals surface area contributed by atoms with E-state index < -0.39 is 0 Å². The summed E-state index contributed by atoms with van der Waals surface area (Å²) in [4.78, 5) is 12.2. The number of rotatable bonds is 0. The van der Waals surface area contributed by atoms with Crippen LogP contribution in [0.1, 0.15) is 13.8 Å². The Kier molecular flexibility index (Phi) is 1.45. The van der Waals surface area contributed by atoms with E-state index in [0.717, 1.165) is 0 Å². The minimum atomic E-state index is -0.297. The van der Waals surface area contributed by atoms with Gasteiger partial charge in [0.1, 0.15) is 0 Å². The molecule has 52 valence electrons. The molecule has 0 saturated carbocycles. The number of aliphatic hydroxyl groups excluding tert-OH is 1. The van der Waals surface area contributed by atoms with Crippen molar-refractivity contribution in [2.24, 2.45) is 0 Å². The van der Waals surface area contributed by atoms with E-state index in [1.165, 1.54) is 6.92 Å². The molecule has 2 atom stereocenters. The van der Waals surface area contributed by atoms with Gasteiger partial charge in [0.05, 0.1) is 12.1 Å². The van der Waals surface area contributed by atoms with Crippen LogP contribution in [0.4, 0.5) is 0 Å². The van der Waals surface area contributed by atoms with Crippen LogP contribution in [0.25, 0.3) is 0 Å². The van der Waals surface area contributed by atoms with Crippen LogP contribution in [0, 0.1) is 0 Å². The highest BCUT2D eigenvalue weighted by molar-refractivity contribution is 5.74. The fourth-order valence-corrected chi connectivity index (χ4v) is 1.01. The summed E-state index contributed by atoms with van der Waals surface area (Å²) < 4.78 is 0. The molecule has 0 bridgehead atoms. The van der Waals surface area contributed by atoms with E-state index in [1.807, 2.05) is 6.92 Å². The molecule has 1 heterocycles. The number of amides is 1. The highest BCUT2D eigenvalue weighted by Gasteiger charge is 2.35. The van der Waals surface area contributed by atoms with Gasteiger partial charge >= 0.3 is 0 Å². The van der Waals surface area contributed by atoms with E-state index in [9.17, 15) is 4.79 Å². The number of likely N-dealkylation sites (tertiary alicyclic amines) is 1. The standard InChI is InChI=1S/C6H11NO2/c1-4-6(9)3-7(4)5(2)8/h4,6,9H,3H2,1-2H3. The molecule has 0 radical (unpaired) electrons. The minimum Gasteiger partial charge on any atom is -0.389 e. The van der Waals surface area contributed by atoms with Gasteiger partial charge in [-0.1, -0.05) is 0 Å². The van der Waals surface area contributed by atoms with Gasteiger partial charge in [-0.15, -0.1) is 0 Å². The Bertz CT molecular complexity index is 135. The zero-order valence-electron chi connectivity index (χ0n) is 5.66. The van der Waals surface area contributed by atoms with Crippen molar-refractivity contribution in [3.8, 4) is 0 Å². The fraction of sp³-hybridized carbons (Fsp3) is 0.833. The van der Waals surface area contributed by atoms with Crippen LogP contribution in [0.3, 0.4) is 0 Å². The van der Waals surface area contributed by atoms with Gasteiger partial charge in [-0.3, -0.25) is 4.79 Å². The SMILES string of the molecule is CC(=O)N1CC(O)C1C. The fourth-order valence-electron chi connectivity index (χ4n) is 1.01. The molecular weight excluding hydrogens is 118 g/mol. The first-order valence-electron chi connectivity index (χ1n) is 3.08. The maximum absolute atomic E-state index is 10.6. The van der Waals surface area contributed by atoms with Crippen LogP contribution >= 0.6 is 0 Å². The normalized spacial score (nSPS) is 33.9. The first kappa shape index (κ1) is 6.55. The number of aliphatic hydroxyl groups is 1. The van der Waals surface area contributed by atoms with Crippen molar-refractivity contribution in [3.63, 3.8) is 0 Å². The minimum absolute atomic E-state index is 0.0301. The van der Waals surface area contributed by atoms with E-state index in [0.29, 0.717) is 6.54 Å². The molecule has 1 saturated heterocycles. The number of carbonyl (C=O) groups excluding carboxylic acids is 1. The van der Waals surface area contributed by atoms with E-state index in [4.69, 9.17) is 5.11 Å². The Morgan fingerprint density at radius 1 is 1.78 bits per heavy atom. The summed E-state index contributed by atoms with van der Waals surface area (Å²) >= 11 is 0. The average Bonchev–Trinajstić information content (AvgIpc) is 1.81. The Morgan fingerprint density at radius 2 is 2.33 bits per heavy atom. The van der Waals surface area contributed by atoms with Crippen LogP contribution in [0.15, 0.2) is 0 Å². The number of nitrogens with zero attached hydrogens (tertiary/aromatic N) is 1. The number of hydrogen-bond donors (Lipinski definition) is 1. The third-order valence-corrected chi connectivity index (χ3v) is 1.84. The molecule has 1 N–H and O–H groups in total. The van der Waals surface area contributed by atoms with E-state index >= 15 is 0 Å². The van der Waals surface area contributed by atoms with E-state index in [2.05, 4.69) is 0 Å². The molecule has 0 aromatic carbocycles. The van der Waals surface area contributed by atoms with Gasteiger partial charge in [-0.25, -0.2) is 0 Å². The van der Waals surface area contributed by atoms with Crippen molar-refractivity contribution in [1.29, 1.82) is 0 Å². The summed E-state index contributed by atoms with van der Waals surface area (Å²) in [5.74, 6) is 0.0489. The topological polar surface area (TPSA) is 40.5 Å². The first-order valence-corrected chi connectivity index (χ1v) is 3.08. The van der Waals surface area contributed by atoms with Crippen molar-refractivity contribution < 1.29 is 9.90 Å². The summed E-state index contributed by atoms with van der Waals surface area (Å²) in [6.45, 7) is 3.87. The molecular formula is C6H11NO2. The number of carbonyl (C=O) groups is 1. The van der Waals surface area contributed by atoms with Gasteiger partial charge in [0.15, 0.2) is 0 Å². The Morgan fingerprint density at radius 3 is 2.44 bits per heavy atom. The van der Waals surface area contributed by atoms with Gasteiger partial charge in [0.2, 0.25) is 5.91 Å². The second-order valence-electron chi connectivity index (χ2n) is 2.48. The lowest BCUT2D eigenvalue weighted by atomic mass is 10.0. The van der Waals surface area contributed by atoms with E-state index in [-0.39, 0.29) is 18.1 Å². The van der Waals surface area contributed by atoms with Crippen LogP contribution in [-0.4, -0.2) is 34.6 Å². The smallest absolute Gasteiger partial charge is 0.219 e. The van der Waals surface area contributed by atoms with Crippen molar-refractivity contribution in [2.75, 3.05) is 6.54 Å². The van der Waals surface area contributed by atoms with Gasteiger partial charge in [0.25, 0.3) is 0 Å². The third-order valence-electron chi connectivity index (χ3n) is 1.84. The highest BCUT2D eigenvalue weighted by Crippen LogP contribution is 2.16. The van der Waals surface area contributed by atoms with Crippen LogP contribution in [0.2, 0.25) is 0 Å². The lowest BCUT2D eigenvalue weighted by Crippen LogP contribution is -2.59. The first-order chi connectivity index (χ1) is 4.13. The molecule has 0 aromatic heterocycles. The molecule has 2 unspecified atom stereocenters. The Balaban J connectivity index is 2.42. The van der Waals surface area contributed by atoms with Crippen LogP contribution in [0.5, 0.6) is 0 Å². The van der Waals surface area contributed by atoms with E-state index in [1.54, 1.807) is 4.90 Å². The van der Waals surface area contributed by atoms with Crippen molar-refractivity contribution >= 4 is 5.91 Å². The van der Waals surface area contributed by atoms with Gasteiger partial charge < -0.3 is 10.0 Å². The number of hydrogen-bond acceptors (Lipinski definition) is 2. The Labute approximate surface area is 54.3 Å². The zero-order chi connectivity index (χ0) is 7.02. The quantitative estimate of drug-likeness (QED) is 0.483. The second kappa shape index (κ2) is 1.99. The average molecular weight is 129 g/mol. The molecule has 0 spiro atoms. The Hall–Kier alpha value is -0.570. The molecule has 0 aromatic rings. The van der Waals surface area contributed by atoms with Gasteiger partial charge in [-0.2, -0.15) is 0 Å². The maximum atomic E-state index is 10.6. The summed E-state index contributed by atoms with van der Waals surface area (Å²) in [5.41, 5.74) is 0. The number of β-amino-alcohol motifs (C(OH)–C–C–N with tert-alkyl or cyclic N) is 1. The van der Waals surface area contributed by atoms with Gasteiger partial charge in [-0.05, 0) is 6.92 Å². The highest BCUT2D eigenvalue weighted by atomic mass is 16.3. The van der Waals surface area contributed by atoms with Crippen LogP contribution < -0.4 is 0 Å². The van der Waals surface area contributed by atoms with Crippen LogP contribution in [-0.2, 0) is 4.79 Å².